The van der Waals surface area contributed by atoms with Crippen molar-refractivity contribution in [3.8, 4) is 0 Å². The van der Waals surface area contributed by atoms with Crippen LogP contribution in [-0.4, -0.2) is 39.6 Å². The van der Waals surface area contributed by atoms with Crippen LogP contribution in [0.3, 0.4) is 0 Å². The number of rotatable bonds is 5. The van der Waals surface area contributed by atoms with Gasteiger partial charge in [-0.2, -0.15) is 13.2 Å². The summed E-state index contributed by atoms with van der Waals surface area (Å²) in [6.45, 7) is 2.62. The lowest BCUT2D eigenvalue weighted by molar-refractivity contribution is -0.141. The van der Waals surface area contributed by atoms with E-state index < -0.39 is 11.9 Å². The van der Waals surface area contributed by atoms with E-state index in [9.17, 15) is 18.0 Å². The number of carbonyl (C=O) groups excluding carboxylic acids is 1. The van der Waals surface area contributed by atoms with E-state index in [0.29, 0.717) is 19.4 Å². The van der Waals surface area contributed by atoms with Crippen molar-refractivity contribution >= 4 is 5.91 Å². The van der Waals surface area contributed by atoms with Gasteiger partial charge in [0, 0.05) is 18.7 Å². The van der Waals surface area contributed by atoms with E-state index >= 15 is 0 Å². The molecule has 1 N–H and O–H groups in total. The standard InChI is InChI=1S/C16H21F3N2O2/c1-15(8-4-10-22)7-3-9-21(15)14(23)11-12-5-2-6-13(20-12)16(17,18)19/h2,5-6,22H,3-4,7-11H2,1H3. The highest BCUT2D eigenvalue weighted by Crippen LogP contribution is 2.33. The van der Waals surface area contributed by atoms with E-state index in [1.165, 1.54) is 12.1 Å². The first-order valence-corrected chi connectivity index (χ1v) is 7.71. The molecule has 0 aromatic carbocycles. The van der Waals surface area contributed by atoms with Gasteiger partial charge < -0.3 is 10.0 Å². The predicted octanol–water partition coefficient (Wildman–Crippen LogP) is 2.80. The first-order chi connectivity index (χ1) is 10.8. The van der Waals surface area contributed by atoms with Gasteiger partial charge in [-0.05, 0) is 44.7 Å². The molecule has 1 unspecified atom stereocenters. The number of aliphatic hydroxyl groups excluding tert-OH is 1. The third-order valence-corrected chi connectivity index (χ3v) is 4.35. The van der Waals surface area contributed by atoms with Crippen LogP contribution in [0.1, 0.15) is 44.0 Å². The average molecular weight is 330 g/mol. The summed E-state index contributed by atoms with van der Waals surface area (Å²) in [5.74, 6) is -0.213. The van der Waals surface area contributed by atoms with Gasteiger partial charge in [-0.15, -0.1) is 0 Å². The molecule has 128 valence electrons. The second-order valence-electron chi connectivity index (χ2n) is 6.16. The van der Waals surface area contributed by atoms with Crippen molar-refractivity contribution in [3.63, 3.8) is 0 Å². The molecule has 0 spiro atoms. The quantitative estimate of drug-likeness (QED) is 0.903. The molecular formula is C16H21F3N2O2. The summed E-state index contributed by atoms with van der Waals surface area (Å²) in [7, 11) is 0. The summed E-state index contributed by atoms with van der Waals surface area (Å²) in [4.78, 5) is 17.8. The largest absolute Gasteiger partial charge is 0.433 e. The zero-order chi connectivity index (χ0) is 17.1. The van der Waals surface area contributed by atoms with Crippen molar-refractivity contribution in [3.05, 3.63) is 29.6 Å². The molecule has 0 bridgehead atoms. The van der Waals surface area contributed by atoms with Crippen LogP contribution in [0.25, 0.3) is 0 Å². The molecule has 0 aliphatic carbocycles. The van der Waals surface area contributed by atoms with Crippen LogP contribution >= 0.6 is 0 Å². The third-order valence-electron chi connectivity index (χ3n) is 4.35. The van der Waals surface area contributed by atoms with E-state index in [2.05, 4.69) is 4.98 Å². The molecule has 1 aromatic heterocycles. The molecule has 1 fully saturated rings. The van der Waals surface area contributed by atoms with Crippen LogP contribution in [0.4, 0.5) is 13.2 Å². The number of likely N-dealkylation sites (tertiary alicyclic amines) is 1. The number of amides is 1. The van der Waals surface area contributed by atoms with E-state index in [1.54, 1.807) is 4.90 Å². The molecule has 7 heteroatoms. The monoisotopic (exact) mass is 330 g/mol. The Morgan fingerprint density at radius 3 is 2.83 bits per heavy atom. The number of hydrogen-bond acceptors (Lipinski definition) is 3. The number of halogens is 3. The van der Waals surface area contributed by atoms with Crippen molar-refractivity contribution in [1.29, 1.82) is 0 Å². The second kappa shape index (κ2) is 6.86. The Labute approximate surface area is 133 Å². The Kier molecular flexibility index (Phi) is 5.29. The fraction of sp³-hybridized carbons (Fsp3) is 0.625. The summed E-state index contributed by atoms with van der Waals surface area (Å²) in [5, 5.41) is 8.99. The van der Waals surface area contributed by atoms with Gasteiger partial charge in [-0.1, -0.05) is 6.07 Å². The van der Waals surface area contributed by atoms with Crippen LogP contribution < -0.4 is 0 Å². The first-order valence-electron chi connectivity index (χ1n) is 7.71. The Morgan fingerprint density at radius 2 is 2.17 bits per heavy atom. The van der Waals surface area contributed by atoms with E-state index in [-0.39, 0.29) is 30.2 Å². The molecule has 1 aliphatic rings. The van der Waals surface area contributed by atoms with Crippen molar-refractivity contribution < 1.29 is 23.1 Å². The molecule has 4 nitrogen and oxygen atoms in total. The van der Waals surface area contributed by atoms with Crippen molar-refractivity contribution in [1.82, 2.24) is 9.88 Å². The molecule has 0 saturated carbocycles. The molecule has 1 amide bonds. The third kappa shape index (κ3) is 4.22. The van der Waals surface area contributed by atoms with Gasteiger partial charge >= 0.3 is 6.18 Å². The zero-order valence-corrected chi connectivity index (χ0v) is 13.1. The lowest BCUT2D eigenvalue weighted by atomic mass is 9.92. The van der Waals surface area contributed by atoms with Crippen molar-refractivity contribution in [2.45, 2.75) is 50.7 Å². The summed E-state index contributed by atoms with van der Waals surface area (Å²) in [5.41, 5.74) is -1.19. The number of pyridine rings is 1. The highest BCUT2D eigenvalue weighted by atomic mass is 19.4. The zero-order valence-electron chi connectivity index (χ0n) is 13.1. The van der Waals surface area contributed by atoms with Gasteiger partial charge in [0.15, 0.2) is 0 Å². The number of hydrogen-bond donors (Lipinski definition) is 1. The summed E-state index contributed by atoms with van der Waals surface area (Å²) in [6, 6.07) is 3.61. The van der Waals surface area contributed by atoms with Gasteiger partial charge in [0.25, 0.3) is 0 Å². The van der Waals surface area contributed by atoms with E-state index in [0.717, 1.165) is 18.9 Å². The number of carbonyl (C=O) groups is 1. The SMILES string of the molecule is CC1(CCCO)CCCN1C(=O)Cc1cccc(C(F)(F)F)n1. The molecule has 1 saturated heterocycles. The van der Waals surface area contributed by atoms with E-state index in [4.69, 9.17) is 5.11 Å². The maximum Gasteiger partial charge on any atom is 0.433 e. The normalized spacial score (nSPS) is 21.7. The lowest BCUT2D eigenvalue weighted by Gasteiger charge is -2.35. The molecule has 2 rings (SSSR count). The Bertz CT molecular complexity index is 563. The number of alkyl halides is 3. The molecule has 2 heterocycles. The van der Waals surface area contributed by atoms with Gasteiger partial charge in [0.1, 0.15) is 5.69 Å². The molecule has 1 atom stereocenters. The molecule has 1 aliphatic heterocycles. The van der Waals surface area contributed by atoms with Gasteiger partial charge in [0.2, 0.25) is 5.91 Å². The number of aliphatic hydroxyl groups is 1. The smallest absolute Gasteiger partial charge is 0.396 e. The van der Waals surface area contributed by atoms with Crippen molar-refractivity contribution in [2.75, 3.05) is 13.2 Å². The average Bonchev–Trinajstić information content (AvgIpc) is 2.87. The first kappa shape index (κ1) is 17.7. The van der Waals surface area contributed by atoms with Crippen LogP contribution in [0.5, 0.6) is 0 Å². The van der Waals surface area contributed by atoms with Gasteiger partial charge in [0.05, 0.1) is 12.1 Å². The minimum absolute atomic E-state index is 0.0623. The minimum Gasteiger partial charge on any atom is -0.396 e. The predicted molar refractivity (Wildman–Crippen MR) is 78.6 cm³/mol. The van der Waals surface area contributed by atoms with Crippen LogP contribution in [0, 0.1) is 0 Å². The van der Waals surface area contributed by atoms with Gasteiger partial charge in [-0.3, -0.25) is 4.79 Å². The second-order valence-corrected chi connectivity index (χ2v) is 6.16. The van der Waals surface area contributed by atoms with Crippen LogP contribution in [0.15, 0.2) is 18.2 Å². The highest BCUT2D eigenvalue weighted by Gasteiger charge is 2.39. The number of nitrogens with zero attached hydrogens (tertiary/aromatic N) is 2. The Balaban J connectivity index is 2.09. The van der Waals surface area contributed by atoms with Crippen molar-refractivity contribution in [2.24, 2.45) is 0 Å². The van der Waals surface area contributed by atoms with E-state index in [1.807, 2.05) is 6.92 Å². The summed E-state index contributed by atoms with van der Waals surface area (Å²) >= 11 is 0. The van der Waals surface area contributed by atoms with Gasteiger partial charge in [-0.25, -0.2) is 4.98 Å². The highest BCUT2D eigenvalue weighted by molar-refractivity contribution is 5.79. The summed E-state index contributed by atoms with van der Waals surface area (Å²) < 4.78 is 38.1. The fourth-order valence-corrected chi connectivity index (χ4v) is 3.15. The maximum absolute atomic E-state index is 12.7. The summed E-state index contributed by atoms with van der Waals surface area (Å²) in [6.07, 6.45) is -1.66. The van der Waals surface area contributed by atoms with Crippen LogP contribution in [0.2, 0.25) is 0 Å². The molecule has 0 radical (unpaired) electrons. The van der Waals surface area contributed by atoms with Crippen LogP contribution in [-0.2, 0) is 17.4 Å². The topological polar surface area (TPSA) is 53.4 Å². The Hall–Kier alpha value is -1.63. The lowest BCUT2D eigenvalue weighted by Crippen LogP contribution is -2.46. The fourth-order valence-electron chi connectivity index (χ4n) is 3.15. The Morgan fingerprint density at radius 1 is 1.43 bits per heavy atom. The minimum atomic E-state index is -4.51. The molecule has 1 aromatic rings. The maximum atomic E-state index is 12.7. The molecule has 23 heavy (non-hydrogen) atoms. The number of aromatic nitrogens is 1. The molecular weight excluding hydrogens is 309 g/mol.